The summed E-state index contributed by atoms with van der Waals surface area (Å²) < 4.78 is 27.1. The maximum absolute atomic E-state index is 12.6. The van der Waals surface area contributed by atoms with E-state index < -0.39 is 10.0 Å². The van der Waals surface area contributed by atoms with Crippen molar-refractivity contribution in [1.82, 2.24) is 4.31 Å². The van der Waals surface area contributed by atoms with Gasteiger partial charge in [-0.3, -0.25) is 0 Å². The van der Waals surface area contributed by atoms with Crippen LogP contribution in [0, 0.1) is 16.7 Å². The van der Waals surface area contributed by atoms with Crippen LogP contribution in [0.1, 0.15) is 53.9 Å². The fourth-order valence-corrected chi connectivity index (χ4v) is 8.18. The first-order chi connectivity index (χ1) is 8.02. The van der Waals surface area contributed by atoms with Crippen molar-refractivity contribution in [2.75, 3.05) is 5.75 Å². The maximum Gasteiger partial charge on any atom is 0.215 e. The van der Waals surface area contributed by atoms with Gasteiger partial charge in [0.15, 0.2) is 0 Å². The number of nitrogens with zero attached hydrogens (tertiary/aromatic N) is 1. The van der Waals surface area contributed by atoms with Gasteiger partial charge in [-0.1, -0.05) is 13.8 Å². The lowest BCUT2D eigenvalue weighted by atomic mass is 9.69. The van der Waals surface area contributed by atoms with E-state index in [2.05, 4.69) is 13.8 Å². The molecule has 3 fully saturated rings. The summed E-state index contributed by atoms with van der Waals surface area (Å²) in [4.78, 5) is 0. The molecule has 1 saturated heterocycles. The van der Waals surface area contributed by atoms with Crippen LogP contribution in [0.2, 0.25) is 0 Å². The molecule has 1 heterocycles. The van der Waals surface area contributed by atoms with Gasteiger partial charge >= 0.3 is 0 Å². The van der Waals surface area contributed by atoms with Crippen LogP contribution in [-0.2, 0) is 10.0 Å². The van der Waals surface area contributed by atoms with Crippen LogP contribution in [0.3, 0.4) is 0 Å². The molecule has 3 atom stereocenters. The lowest BCUT2D eigenvalue weighted by Gasteiger charge is -2.40. The highest BCUT2D eigenvalue weighted by atomic mass is 32.2. The third-order valence-electron chi connectivity index (χ3n) is 6.07. The summed E-state index contributed by atoms with van der Waals surface area (Å²) >= 11 is 0. The lowest BCUT2D eigenvalue weighted by molar-refractivity contribution is 0.0814. The average Bonchev–Trinajstić information content (AvgIpc) is 2.61. The molecular formula is C14H25NO2S. The van der Waals surface area contributed by atoms with Gasteiger partial charge in [0.05, 0.1) is 5.75 Å². The van der Waals surface area contributed by atoms with Crippen molar-refractivity contribution in [3.63, 3.8) is 0 Å². The lowest BCUT2D eigenvalue weighted by Crippen LogP contribution is -2.49. The van der Waals surface area contributed by atoms with Crippen molar-refractivity contribution in [1.29, 1.82) is 0 Å². The molecule has 104 valence electrons. The van der Waals surface area contributed by atoms with Gasteiger partial charge in [0, 0.05) is 17.0 Å². The Hall–Kier alpha value is -0.0900. The van der Waals surface area contributed by atoms with Gasteiger partial charge in [-0.15, -0.1) is 0 Å². The van der Waals surface area contributed by atoms with Gasteiger partial charge in [0.1, 0.15) is 0 Å². The summed E-state index contributed by atoms with van der Waals surface area (Å²) in [5.74, 6) is 1.09. The van der Waals surface area contributed by atoms with E-state index in [1.807, 2.05) is 25.1 Å². The molecule has 0 amide bonds. The van der Waals surface area contributed by atoms with Gasteiger partial charge in [-0.2, -0.15) is 4.31 Å². The minimum Gasteiger partial charge on any atom is -0.212 e. The molecule has 0 radical (unpaired) electrons. The first kappa shape index (κ1) is 12.9. The topological polar surface area (TPSA) is 37.4 Å². The summed E-state index contributed by atoms with van der Waals surface area (Å²) in [6, 6.07) is 0.247. The van der Waals surface area contributed by atoms with Crippen LogP contribution in [-0.4, -0.2) is 30.1 Å². The van der Waals surface area contributed by atoms with Crippen LogP contribution in [0.4, 0.5) is 0 Å². The van der Waals surface area contributed by atoms with Crippen LogP contribution < -0.4 is 0 Å². The van der Waals surface area contributed by atoms with Crippen LogP contribution in [0.25, 0.3) is 0 Å². The predicted octanol–water partition coefficient (Wildman–Crippen LogP) is 2.63. The molecule has 0 aromatic carbocycles. The average molecular weight is 271 g/mol. The summed E-state index contributed by atoms with van der Waals surface area (Å²) in [6.45, 7) is 10.7. The van der Waals surface area contributed by atoms with Crippen molar-refractivity contribution >= 4 is 10.0 Å². The van der Waals surface area contributed by atoms with E-state index in [1.165, 1.54) is 6.42 Å². The smallest absolute Gasteiger partial charge is 0.212 e. The zero-order valence-electron chi connectivity index (χ0n) is 12.2. The van der Waals surface area contributed by atoms with E-state index >= 15 is 0 Å². The van der Waals surface area contributed by atoms with E-state index in [4.69, 9.17) is 0 Å². The van der Waals surface area contributed by atoms with Crippen molar-refractivity contribution in [2.45, 2.75) is 65.5 Å². The number of hydrogen-bond donors (Lipinski definition) is 0. The summed E-state index contributed by atoms with van der Waals surface area (Å²) in [6.07, 6.45) is 3.39. The van der Waals surface area contributed by atoms with Crippen molar-refractivity contribution in [3.8, 4) is 0 Å². The number of rotatable bonds is 0. The molecule has 1 unspecified atom stereocenters. The number of hydrogen-bond acceptors (Lipinski definition) is 2. The molecule has 0 aromatic heterocycles. The predicted molar refractivity (Wildman–Crippen MR) is 72.7 cm³/mol. The number of fused-ring (bicyclic) bond motifs is 1. The van der Waals surface area contributed by atoms with E-state index in [0.717, 1.165) is 12.8 Å². The summed E-state index contributed by atoms with van der Waals surface area (Å²) in [7, 11) is -3.09. The maximum atomic E-state index is 12.6. The SMILES string of the molecule is CC(C)(C)N1[C@@H]2CC3CC[C@]2(CS1(=O)=O)C3(C)C. The highest BCUT2D eigenvalue weighted by Crippen LogP contribution is 2.70. The van der Waals surface area contributed by atoms with Gasteiger partial charge in [0.2, 0.25) is 10.0 Å². The Morgan fingerprint density at radius 3 is 2.33 bits per heavy atom. The Labute approximate surface area is 111 Å². The molecule has 0 aromatic rings. The quantitative estimate of drug-likeness (QED) is 0.679. The van der Waals surface area contributed by atoms with E-state index in [9.17, 15) is 8.42 Å². The van der Waals surface area contributed by atoms with Crippen molar-refractivity contribution in [2.24, 2.45) is 16.7 Å². The van der Waals surface area contributed by atoms with Crippen molar-refractivity contribution in [3.05, 3.63) is 0 Å². The second-order valence-corrected chi connectivity index (χ2v) is 9.93. The molecule has 2 saturated carbocycles. The molecule has 1 aliphatic heterocycles. The van der Waals surface area contributed by atoms with Gasteiger partial charge in [-0.25, -0.2) is 8.42 Å². The first-order valence-corrected chi connectivity index (χ1v) is 8.65. The third-order valence-corrected chi connectivity index (χ3v) is 8.35. The first-order valence-electron chi connectivity index (χ1n) is 7.05. The Morgan fingerprint density at radius 2 is 1.83 bits per heavy atom. The zero-order valence-corrected chi connectivity index (χ0v) is 13.0. The highest BCUT2D eigenvalue weighted by molar-refractivity contribution is 7.89. The minimum atomic E-state index is -3.09. The summed E-state index contributed by atoms with van der Waals surface area (Å²) in [5.41, 5.74) is -0.0813. The fourth-order valence-electron chi connectivity index (χ4n) is 5.17. The molecule has 2 bridgehead atoms. The highest BCUT2D eigenvalue weighted by Gasteiger charge is 2.72. The molecule has 0 N–H and O–H groups in total. The molecule has 4 heteroatoms. The zero-order chi connectivity index (χ0) is 13.6. The second kappa shape index (κ2) is 3.14. The summed E-state index contributed by atoms with van der Waals surface area (Å²) in [5, 5.41) is 0. The molecule has 3 rings (SSSR count). The largest absolute Gasteiger partial charge is 0.215 e. The molecule has 18 heavy (non-hydrogen) atoms. The van der Waals surface area contributed by atoms with E-state index in [0.29, 0.717) is 11.7 Å². The van der Waals surface area contributed by atoms with Crippen LogP contribution in [0.5, 0.6) is 0 Å². The monoisotopic (exact) mass is 271 g/mol. The normalized spacial score (nSPS) is 45.4. The molecule has 2 aliphatic carbocycles. The molecule has 1 spiro atoms. The van der Waals surface area contributed by atoms with Crippen molar-refractivity contribution < 1.29 is 8.42 Å². The van der Waals surface area contributed by atoms with Gasteiger partial charge in [0.25, 0.3) is 0 Å². The van der Waals surface area contributed by atoms with Crippen LogP contribution in [0.15, 0.2) is 0 Å². The molecular weight excluding hydrogens is 246 g/mol. The second-order valence-electron chi connectivity index (χ2n) is 8.09. The molecule has 3 nitrogen and oxygen atoms in total. The Balaban J connectivity index is 2.14. The van der Waals surface area contributed by atoms with E-state index in [1.54, 1.807) is 0 Å². The van der Waals surface area contributed by atoms with Gasteiger partial charge in [-0.05, 0) is 51.4 Å². The Morgan fingerprint density at radius 1 is 1.22 bits per heavy atom. The minimum absolute atomic E-state index is 0.0176. The van der Waals surface area contributed by atoms with E-state index in [-0.39, 0.29) is 22.4 Å². The standard InChI is InChI=1S/C14H25NO2S/c1-12(2,3)15-11-8-10-6-7-14(11,13(10,4)5)9-18(15,16)17/h10-11H,6-9H2,1-5H3/t10?,11-,14-/m1/s1. The Bertz CT molecular complexity index is 488. The van der Waals surface area contributed by atoms with Gasteiger partial charge < -0.3 is 0 Å². The number of sulfonamides is 1. The fraction of sp³-hybridized carbons (Fsp3) is 1.00. The molecule has 3 aliphatic rings. The van der Waals surface area contributed by atoms with Crippen LogP contribution >= 0.6 is 0 Å². The third kappa shape index (κ3) is 1.26. The Kier molecular flexibility index (Phi) is 2.26.